The van der Waals surface area contributed by atoms with E-state index in [4.69, 9.17) is 5.11 Å². The number of hydrogen-bond donors (Lipinski definition) is 1. The van der Waals surface area contributed by atoms with E-state index in [0.29, 0.717) is 12.8 Å². The quantitative estimate of drug-likeness (QED) is 0.232. The minimum absolute atomic E-state index is 0. The van der Waals surface area contributed by atoms with Crippen molar-refractivity contribution in [3.63, 3.8) is 0 Å². The standard InChI is InChI=1S/C21H32O3S.Na/c1-2-3-8-11-18(22)14-15-20-17-16-19(25-20)12-9-6-4-5-7-10-13-21(23)24;/h14-17H,2-13H2,1H3,(H,23,24);. The van der Waals surface area contributed by atoms with Crippen LogP contribution in [0.4, 0.5) is 0 Å². The third-order valence-electron chi connectivity index (χ3n) is 4.21. The Hall–Kier alpha value is -0.420. The molecule has 1 N–H and O–H groups in total. The van der Waals surface area contributed by atoms with Gasteiger partial charge in [-0.1, -0.05) is 45.4 Å². The number of carboxylic acid groups (broad SMARTS) is 1. The van der Waals surface area contributed by atoms with Gasteiger partial charge in [-0.15, -0.1) is 11.3 Å². The maximum Gasteiger partial charge on any atom is 0.303 e. The largest absolute Gasteiger partial charge is 0.481 e. The Labute approximate surface area is 184 Å². The first-order valence-electron chi connectivity index (χ1n) is 9.63. The molecular formula is C21H32NaO3S. The molecule has 3 nitrogen and oxygen atoms in total. The molecule has 0 bridgehead atoms. The summed E-state index contributed by atoms with van der Waals surface area (Å²) in [5.74, 6) is -0.462. The first-order valence-corrected chi connectivity index (χ1v) is 10.4. The molecule has 0 aliphatic carbocycles. The van der Waals surface area contributed by atoms with Crippen LogP contribution in [0.25, 0.3) is 6.08 Å². The van der Waals surface area contributed by atoms with E-state index in [0.717, 1.165) is 49.8 Å². The smallest absolute Gasteiger partial charge is 0.303 e. The molecule has 141 valence electrons. The van der Waals surface area contributed by atoms with Crippen LogP contribution in [0.1, 0.15) is 87.3 Å². The van der Waals surface area contributed by atoms with Crippen molar-refractivity contribution in [1.82, 2.24) is 0 Å². The molecule has 1 rings (SSSR count). The fourth-order valence-electron chi connectivity index (χ4n) is 2.71. The van der Waals surface area contributed by atoms with Crippen molar-refractivity contribution >= 4 is 58.7 Å². The summed E-state index contributed by atoms with van der Waals surface area (Å²) >= 11 is 1.77. The summed E-state index contributed by atoms with van der Waals surface area (Å²) in [6.45, 7) is 2.15. The van der Waals surface area contributed by atoms with Gasteiger partial charge in [-0.25, -0.2) is 0 Å². The number of hydrogen-bond acceptors (Lipinski definition) is 3. The molecule has 5 heteroatoms. The summed E-state index contributed by atoms with van der Waals surface area (Å²) in [5, 5.41) is 8.58. The molecule has 0 aliphatic rings. The van der Waals surface area contributed by atoms with Gasteiger partial charge in [0.2, 0.25) is 0 Å². The number of aliphatic carboxylic acids is 1. The molecule has 0 amide bonds. The summed E-state index contributed by atoms with van der Waals surface area (Å²) in [7, 11) is 0. The van der Waals surface area contributed by atoms with Crippen LogP contribution in [0.15, 0.2) is 18.2 Å². The number of allylic oxidation sites excluding steroid dienone is 1. The minimum atomic E-state index is -0.690. The maximum absolute atomic E-state index is 11.7. The van der Waals surface area contributed by atoms with Gasteiger partial charge in [-0.3, -0.25) is 9.59 Å². The second-order valence-corrected chi connectivity index (χ2v) is 7.78. The fraction of sp³-hybridized carbons (Fsp3) is 0.619. The number of ketones is 1. The summed E-state index contributed by atoms with van der Waals surface area (Å²) in [5.41, 5.74) is 0. The fourth-order valence-corrected chi connectivity index (χ4v) is 3.67. The Morgan fingerprint density at radius 1 is 0.962 bits per heavy atom. The molecule has 0 aliphatic heterocycles. The number of carbonyl (C=O) groups is 2. The average molecular weight is 388 g/mol. The summed E-state index contributed by atoms with van der Waals surface area (Å²) in [4.78, 5) is 24.7. The Bertz CT molecular complexity index is 537. The number of aryl methyl sites for hydroxylation is 1. The number of rotatable bonds is 15. The van der Waals surface area contributed by atoms with E-state index in [-0.39, 0.29) is 35.3 Å². The van der Waals surface area contributed by atoms with Gasteiger partial charge in [-0.05, 0) is 50.0 Å². The van der Waals surface area contributed by atoms with Gasteiger partial charge in [0.05, 0.1) is 0 Å². The van der Waals surface area contributed by atoms with Crippen molar-refractivity contribution in [2.24, 2.45) is 0 Å². The normalized spacial score (nSPS) is 10.8. The number of thiophene rings is 1. The summed E-state index contributed by atoms with van der Waals surface area (Å²) < 4.78 is 0. The van der Waals surface area contributed by atoms with Crippen LogP contribution in [-0.2, 0) is 16.0 Å². The predicted molar refractivity (Wildman–Crippen MR) is 112 cm³/mol. The van der Waals surface area contributed by atoms with E-state index >= 15 is 0 Å². The number of carboxylic acids is 1. The average Bonchev–Trinajstić information content (AvgIpc) is 3.03. The first-order chi connectivity index (χ1) is 12.1. The van der Waals surface area contributed by atoms with Crippen LogP contribution in [-0.4, -0.2) is 46.4 Å². The molecule has 0 saturated carbocycles. The van der Waals surface area contributed by atoms with Gasteiger partial charge in [0.25, 0.3) is 0 Å². The van der Waals surface area contributed by atoms with Crippen molar-refractivity contribution < 1.29 is 14.7 Å². The van der Waals surface area contributed by atoms with E-state index in [1.165, 1.54) is 24.1 Å². The minimum Gasteiger partial charge on any atom is -0.481 e. The van der Waals surface area contributed by atoms with Crippen molar-refractivity contribution in [2.75, 3.05) is 0 Å². The van der Waals surface area contributed by atoms with Crippen LogP contribution in [0, 0.1) is 0 Å². The van der Waals surface area contributed by atoms with Gasteiger partial charge in [0.1, 0.15) is 0 Å². The molecule has 0 aromatic carbocycles. The van der Waals surface area contributed by atoms with Crippen molar-refractivity contribution in [2.45, 2.75) is 84.0 Å². The van der Waals surface area contributed by atoms with E-state index in [9.17, 15) is 9.59 Å². The molecule has 0 unspecified atom stereocenters. The van der Waals surface area contributed by atoms with Crippen molar-refractivity contribution in [1.29, 1.82) is 0 Å². The van der Waals surface area contributed by atoms with E-state index < -0.39 is 5.97 Å². The zero-order valence-electron chi connectivity index (χ0n) is 16.5. The van der Waals surface area contributed by atoms with Crippen molar-refractivity contribution in [3.8, 4) is 0 Å². The molecule has 1 aromatic heterocycles. The predicted octanol–water partition coefficient (Wildman–Crippen LogP) is 5.89. The Balaban J connectivity index is 0.00000625. The summed E-state index contributed by atoms with van der Waals surface area (Å²) in [6, 6.07) is 4.26. The Kier molecular flexibility index (Phi) is 16.5. The monoisotopic (exact) mass is 387 g/mol. The molecule has 0 fully saturated rings. The van der Waals surface area contributed by atoms with Gasteiger partial charge in [-0.2, -0.15) is 0 Å². The van der Waals surface area contributed by atoms with Gasteiger partial charge >= 0.3 is 5.97 Å². The molecule has 26 heavy (non-hydrogen) atoms. The SMILES string of the molecule is CCCCCC(=O)C=Cc1ccc(CCCCCCCCC(=O)O)s1.[Na]. The number of carbonyl (C=O) groups excluding carboxylic acids is 1. The zero-order chi connectivity index (χ0) is 18.3. The van der Waals surface area contributed by atoms with Crippen LogP contribution >= 0.6 is 11.3 Å². The Morgan fingerprint density at radius 2 is 1.62 bits per heavy atom. The van der Waals surface area contributed by atoms with Crippen LogP contribution in [0.3, 0.4) is 0 Å². The van der Waals surface area contributed by atoms with Crippen LogP contribution < -0.4 is 0 Å². The maximum atomic E-state index is 11.7. The molecule has 1 aromatic rings. The molecule has 0 spiro atoms. The molecule has 0 atom stereocenters. The number of unbranched alkanes of at least 4 members (excludes halogenated alkanes) is 7. The second-order valence-electron chi connectivity index (χ2n) is 6.58. The second kappa shape index (κ2) is 16.7. The summed E-state index contributed by atoms with van der Waals surface area (Å²) in [6.07, 6.45) is 15.5. The zero-order valence-corrected chi connectivity index (χ0v) is 19.3. The molecule has 0 saturated heterocycles. The van der Waals surface area contributed by atoms with Gasteiger partial charge in [0.15, 0.2) is 5.78 Å². The first kappa shape index (κ1) is 25.6. The van der Waals surface area contributed by atoms with E-state index in [1.807, 2.05) is 6.08 Å². The van der Waals surface area contributed by atoms with E-state index in [2.05, 4.69) is 19.1 Å². The molecule has 1 radical (unpaired) electrons. The van der Waals surface area contributed by atoms with Crippen LogP contribution in [0.5, 0.6) is 0 Å². The van der Waals surface area contributed by atoms with E-state index in [1.54, 1.807) is 17.4 Å². The topological polar surface area (TPSA) is 54.4 Å². The molecular weight excluding hydrogens is 355 g/mol. The van der Waals surface area contributed by atoms with Gasteiger partial charge in [0, 0.05) is 52.2 Å². The molecule has 1 heterocycles. The van der Waals surface area contributed by atoms with Crippen molar-refractivity contribution in [3.05, 3.63) is 28.0 Å². The van der Waals surface area contributed by atoms with Crippen LogP contribution in [0.2, 0.25) is 0 Å². The van der Waals surface area contributed by atoms with Gasteiger partial charge < -0.3 is 5.11 Å². The third-order valence-corrected chi connectivity index (χ3v) is 5.32. The third kappa shape index (κ3) is 13.7. The Morgan fingerprint density at radius 3 is 2.31 bits per heavy atom.